The van der Waals surface area contributed by atoms with Crippen molar-refractivity contribution in [2.75, 3.05) is 13.1 Å². The van der Waals surface area contributed by atoms with Crippen LogP contribution in [0.25, 0.3) is 0 Å². The first-order chi connectivity index (χ1) is 7.53. The van der Waals surface area contributed by atoms with Crippen LogP contribution in [-0.4, -0.2) is 43.6 Å². The fourth-order valence-corrected chi connectivity index (χ4v) is 3.53. The maximum atomic E-state index is 11.9. The van der Waals surface area contributed by atoms with Crippen LogP contribution in [0.5, 0.6) is 0 Å². The minimum absolute atomic E-state index is 0.133. The molecule has 1 atom stereocenters. The number of rotatable bonds is 4. The Balaban J connectivity index is 1.96. The van der Waals surface area contributed by atoms with Crippen LogP contribution >= 0.6 is 0 Å². The number of nitrogens with one attached hydrogen (secondary N) is 1. The summed E-state index contributed by atoms with van der Waals surface area (Å²) in [6, 6.07) is 0.133. The highest BCUT2D eigenvalue weighted by molar-refractivity contribution is 7.90. The van der Waals surface area contributed by atoms with Gasteiger partial charge in [-0.05, 0) is 25.3 Å². The molecule has 1 amide bonds. The molecule has 0 aromatic rings. The van der Waals surface area contributed by atoms with Crippen molar-refractivity contribution in [3.8, 4) is 0 Å². The van der Waals surface area contributed by atoms with Crippen LogP contribution in [0.3, 0.4) is 0 Å². The van der Waals surface area contributed by atoms with E-state index in [0.717, 1.165) is 12.8 Å². The van der Waals surface area contributed by atoms with Crippen LogP contribution in [-0.2, 0) is 14.8 Å². The molecule has 0 bridgehead atoms. The lowest BCUT2D eigenvalue weighted by Crippen LogP contribution is -2.38. The van der Waals surface area contributed by atoms with Crippen molar-refractivity contribution in [1.29, 1.82) is 0 Å². The Morgan fingerprint density at radius 2 is 2.06 bits per heavy atom. The van der Waals surface area contributed by atoms with E-state index in [1.54, 1.807) is 0 Å². The van der Waals surface area contributed by atoms with Gasteiger partial charge in [-0.25, -0.2) is 13.1 Å². The van der Waals surface area contributed by atoms with Crippen LogP contribution in [0.1, 0.15) is 19.3 Å². The minimum atomic E-state index is -3.25. The van der Waals surface area contributed by atoms with E-state index < -0.39 is 15.3 Å². The first-order valence-electron chi connectivity index (χ1n) is 5.45. The number of carbonyl (C=O) groups excluding carboxylic acids is 1. The summed E-state index contributed by atoms with van der Waals surface area (Å²) in [6.07, 6.45) is 3.60. The normalized spacial score (nSPS) is 25.8. The van der Waals surface area contributed by atoms with Crippen LogP contribution in [0.15, 0.2) is 12.7 Å². The maximum absolute atomic E-state index is 11.9. The van der Waals surface area contributed by atoms with Crippen molar-refractivity contribution < 1.29 is 13.2 Å². The first kappa shape index (κ1) is 11.6. The SMILES string of the molecule is C=CC(=O)N1CC[C@H](S(=O)(=O)NC2CC2)C1. The highest BCUT2D eigenvalue weighted by atomic mass is 32.2. The fourth-order valence-electron chi connectivity index (χ4n) is 1.84. The predicted octanol–water partition coefficient (Wildman–Crippen LogP) is -0.145. The van der Waals surface area contributed by atoms with Gasteiger partial charge in [0.05, 0.1) is 5.25 Å². The van der Waals surface area contributed by atoms with E-state index in [1.807, 2.05) is 0 Å². The number of amides is 1. The lowest BCUT2D eigenvalue weighted by molar-refractivity contribution is -0.124. The van der Waals surface area contributed by atoms with Crippen LogP contribution < -0.4 is 4.72 Å². The van der Waals surface area contributed by atoms with E-state index in [-0.39, 0.29) is 18.5 Å². The summed E-state index contributed by atoms with van der Waals surface area (Å²) in [5.41, 5.74) is 0. The Morgan fingerprint density at radius 3 is 2.62 bits per heavy atom. The summed E-state index contributed by atoms with van der Waals surface area (Å²) in [5.74, 6) is -0.191. The first-order valence-corrected chi connectivity index (χ1v) is 7.00. The Hall–Kier alpha value is -0.880. The van der Waals surface area contributed by atoms with E-state index in [0.29, 0.717) is 13.0 Å². The van der Waals surface area contributed by atoms with Gasteiger partial charge in [0.15, 0.2) is 0 Å². The summed E-state index contributed by atoms with van der Waals surface area (Å²) in [4.78, 5) is 12.8. The molecule has 1 saturated carbocycles. The van der Waals surface area contributed by atoms with Gasteiger partial charge in [-0.2, -0.15) is 0 Å². The second-order valence-corrected chi connectivity index (χ2v) is 6.33. The number of carbonyl (C=O) groups is 1. The van der Waals surface area contributed by atoms with E-state index in [1.165, 1.54) is 11.0 Å². The smallest absolute Gasteiger partial charge is 0.245 e. The van der Waals surface area contributed by atoms with E-state index >= 15 is 0 Å². The average Bonchev–Trinajstić information content (AvgIpc) is 2.88. The summed E-state index contributed by atoms with van der Waals surface area (Å²) in [7, 11) is -3.25. The molecule has 1 aliphatic heterocycles. The number of hydrogen-bond donors (Lipinski definition) is 1. The zero-order chi connectivity index (χ0) is 11.8. The van der Waals surface area contributed by atoms with Gasteiger partial charge in [-0.1, -0.05) is 6.58 Å². The third-order valence-electron chi connectivity index (χ3n) is 2.98. The van der Waals surface area contributed by atoms with Gasteiger partial charge in [0.25, 0.3) is 0 Å². The van der Waals surface area contributed by atoms with Crippen LogP contribution in [0, 0.1) is 0 Å². The largest absolute Gasteiger partial charge is 0.338 e. The molecule has 16 heavy (non-hydrogen) atoms. The van der Waals surface area contributed by atoms with Gasteiger partial charge in [-0.15, -0.1) is 0 Å². The highest BCUT2D eigenvalue weighted by Gasteiger charge is 2.37. The van der Waals surface area contributed by atoms with Crippen LogP contribution in [0.2, 0.25) is 0 Å². The molecule has 0 spiro atoms. The number of nitrogens with zero attached hydrogens (tertiary/aromatic N) is 1. The molecule has 0 unspecified atom stereocenters. The molecule has 2 rings (SSSR count). The van der Waals surface area contributed by atoms with Crippen molar-refractivity contribution in [2.45, 2.75) is 30.6 Å². The van der Waals surface area contributed by atoms with Gasteiger partial charge in [-0.3, -0.25) is 4.79 Å². The van der Waals surface area contributed by atoms with Crippen molar-refractivity contribution in [1.82, 2.24) is 9.62 Å². The standard InChI is InChI=1S/C10H16N2O3S/c1-2-10(13)12-6-5-9(7-12)16(14,15)11-8-3-4-8/h2,8-9,11H,1,3-7H2/t9-/m0/s1. The van der Waals surface area contributed by atoms with Crippen molar-refractivity contribution >= 4 is 15.9 Å². The van der Waals surface area contributed by atoms with Gasteiger partial charge in [0.1, 0.15) is 0 Å². The average molecular weight is 244 g/mol. The monoisotopic (exact) mass is 244 g/mol. The Morgan fingerprint density at radius 1 is 1.38 bits per heavy atom. The van der Waals surface area contributed by atoms with E-state index in [4.69, 9.17) is 0 Å². The van der Waals surface area contributed by atoms with Gasteiger partial charge in [0, 0.05) is 19.1 Å². The Kier molecular flexibility index (Phi) is 3.03. The summed E-state index contributed by atoms with van der Waals surface area (Å²) < 4.78 is 26.4. The molecule has 90 valence electrons. The van der Waals surface area contributed by atoms with Crippen molar-refractivity contribution in [3.05, 3.63) is 12.7 Å². The Bertz CT molecular complexity index is 400. The summed E-state index contributed by atoms with van der Waals surface area (Å²) >= 11 is 0. The highest BCUT2D eigenvalue weighted by Crippen LogP contribution is 2.23. The molecule has 0 aromatic heterocycles. The molecule has 1 heterocycles. The molecular formula is C10H16N2O3S. The minimum Gasteiger partial charge on any atom is -0.338 e. The van der Waals surface area contributed by atoms with Gasteiger partial charge < -0.3 is 4.90 Å². The fraction of sp³-hybridized carbons (Fsp3) is 0.700. The lowest BCUT2D eigenvalue weighted by atomic mass is 10.4. The maximum Gasteiger partial charge on any atom is 0.245 e. The second-order valence-electron chi connectivity index (χ2n) is 4.34. The molecule has 5 nitrogen and oxygen atoms in total. The molecule has 1 saturated heterocycles. The molecule has 2 aliphatic rings. The van der Waals surface area contributed by atoms with Crippen molar-refractivity contribution in [2.24, 2.45) is 0 Å². The van der Waals surface area contributed by atoms with Gasteiger partial charge in [0.2, 0.25) is 15.9 Å². The molecule has 0 aromatic carbocycles. The molecule has 2 fully saturated rings. The van der Waals surface area contributed by atoms with E-state index in [2.05, 4.69) is 11.3 Å². The number of likely N-dealkylation sites (tertiary alicyclic amines) is 1. The zero-order valence-corrected chi connectivity index (χ0v) is 9.87. The third kappa shape index (κ3) is 2.44. The predicted molar refractivity (Wildman–Crippen MR) is 60.3 cm³/mol. The quantitative estimate of drug-likeness (QED) is 0.700. The molecule has 1 aliphatic carbocycles. The second kappa shape index (κ2) is 4.18. The number of sulfonamides is 1. The van der Waals surface area contributed by atoms with Gasteiger partial charge >= 0.3 is 0 Å². The number of hydrogen-bond acceptors (Lipinski definition) is 3. The molecule has 0 radical (unpaired) electrons. The molecule has 6 heteroatoms. The van der Waals surface area contributed by atoms with Crippen LogP contribution in [0.4, 0.5) is 0 Å². The zero-order valence-electron chi connectivity index (χ0n) is 9.05. The lowest BCUT2D eigenvalue weighted by Gasteiger charge is -2.14. The molecular weight excluding hydrogens is 228 g/mol. The topological polar surface area (TPSA) is 66.5 Å². The third-order valence-corrected chi connectivity index (χ3v) is 4.90. The van der Waals surface area contributed by atoms with Crippen molar-refractivity contribution in [3.63, 3.8) is 0 Å². The Labute approximate surface area is 95.6 Å². The molecule has 1 N–H and O–H groups in total. The summed E-state index contributed by atoms with van der Waals surface area (Å²) in [5, 5.41) is -0.461. The summed E-state index contributed by atoms with van der Waals surface area (Å²) in [6.45, 7) is 4.18. The van der Waals surface area contributed by atoms with E-state index in [9.17, 15) is 13.2 Å².